The number of ether oxygens (including phenoxy) is 1. The molecule has 134 valence electrons. The van der Waals surface area contributed by atoms with Crippen molar-refractivity contribution in [3.05, 3.63) is 65.0 Å². The van der Waals surface area contributed by atoms with Crippen molar-refractivity contribution >= 4 is 22.7 Å². The number of fused-ring (bicyclic) bond motifs is 1. The van der Waals surface area contributed by atoms with Gasteiger partial charge in [0, 0.05) is 27.5 Å². The molecule has 1 aliphatic heterocycles. The number of alkyl halides is 2. The highest BCUT2D eigenvalue weighted by Gasteiger charge is 2.23. The van der Waals surface area contributed by atoms with Crippen LogP contribution in [0.2, 0.25) is 0 Å². The molecule has 3 aromatic rings. The zero-order valence-electron chi connectivity index (χ0n) is 14.0. The second-order valence-corrected chi connectivity index (χ2v) is 7.30. The zero-order chi connectivity index (χ0) is 18.1. The van der Waals surface area contributed by atoms with Crippen LogP contribution in [0.4, 0.5) is 20.2 Å². The van der Waals surface area contributed by atoms with Crippen LogP contribution in [-0.4, -0.2) is 13.2 Å². The Kier molecular flexibility index (Phi) is 4.51. The average molecular weight is 372 g/mol. The van der Waals surface area contributed by atoms with Gasteiger partial charge >= 0.3 is 6.61 Å². The summed E-state index contributed by atoms with van der Waals surface area (Å²) < 4.78 is 30.1. The van der Waals surface area contributed by atoms with Crippen molar-refractivity contribution in [2.45, 2.75) is 19.6 Å². The number of hydrogen-bond acceptors (Lipinski definition) is 4. The largest absolute Gasteiger partial charge is 0.433 e. The Balaban J connectivity index is 1.62. The number of nitrogens with zero attached hydrogens (tertiary/aromatic N) is 1. The van der Waals surface area contributed by atoms with E-state index in [1.54, 1.807) is 23.5 Å². The SMILES string of the molecule is Nc1ccccc1-c1cc2c(s1)CN(c1ccccc1OC(F)F)CC2. The number of rotatable bonds is 4. The molecule has 0 bridgehead atoms. The van der Waals surface area contributed by atoms with E-state index in [1.165, 1.54) is 10.4 Å². The maximum Gasteiger partial charge on any atom is 0.387 e. The topological polar surface area (TPSA) is 38.5 Å². The molecule has 0 spiro atoms. The van der Waals surface area contributed by atoms with Crippen molar-refractivity contribution in [2.24, 2.45) is 0 Å². The van der Waals surface area contributed by atoms with E-state index < -0.39 is 6.61 Å². The van der Waals surface area contributed by atoms with E-state index in [-0.39, 0.29) is 5.75 Å². The molecular formula is C20H18F2N2OS. The van der Waals surface area contributed by atoms with Crippen LogP contribution in [0.1, 0.15) is 10.4 Å². The van der Waals surface area contributed by atoms with E-state index in [0.717, 1.165) is 29.1 Å². The summed E-state index contributed by atoms with van der Waals surface area (Å²) in [5.41, 5.74) is 9.91. The summed E-state index contributed by atoms with van der Waals surface area (Å²) in [5, 5.41) is 0. The normalized spacial score (nSPS) is 13.7. The van der Waals surface area contributed by atoms with E-state index in [9.17, 15) is 8.78 Å². The lowest BCUT2D eigenvalue weighted by atomic mass is 10.1. The highest BCUT2D eigenvalue weighted by atomic mass is 32.1. The van der Waals surface area contributed by atoms with Crippen molar-refractivity contribution in [1.82, 2.24) is 0 Å². The minimum atomic E-state index is -2.83. The fourth-order valence-electron chi connectivity index (χ4n) is 3.29. The van der Waals surface area contributed by atoms with E-state index >= 15 is 0 Å². The maximum absolute atomic E-state index is 12.7. The van der Waals surface area contributed by atoms with Gasteiger partial charge in [-0.25, -0.2) is 0 Å². The molecule has 26 heavy (non-hydrogen) atoms. The van der Waals surface area contributed by atoms with Gasteiger partial charge in [-0.1, -0.05) is 30.3 Å². The first-order chi connectivity index (χ1) is 12.6. The molecule has 0 fully saturated rings. The lowest BCUT2D eigenvalue weighted by Crippen LogP contribution is -2.29. The summed E-state index contributed by atoms with van der Waals surface area (Å²) in [6.45, 7) is -1.39. The van der Waals surface area contributed by atoms with Crippen molar-refractivity contribution in [2.75, 3.05) is 17.2 Å². The van der Waals surface area contributed by atoms with E-state index in [2.05, 4.69) is 15.7 Å². The van der Waals surface area contributed by atoms with E-state index in [1.807, 2.05) is 36.4 Å². The lowest BCUT2D eigenvalue weighted by molar-refractivity contribution is -0.0495. The third-order valence-electron chi connectivity index (χ3n) is 4.53. The number of para-hydroxylation sites is 3. The van der Waals surface area contributed by atoms with Gasteiger partial charge < -0.3 is 15.4 Å². The third kappa shape index (κ3) is 3.24. The van der Waals surface area contributed by atoms with Crippen LogP contribution < -0.4 is 15.4 Å². The average Bonchev–Trinajstić information content (AvgIpc) is 3.05. The molecule has 0 aliphatic carbocycles. The predicted molar refractivity (Wildman–Crippen MR) is 102 cm³/mol. The van der Waals surface area contributed by atoms with Crippen molar-refractivity contribution in [3.8, 4) is 16.2 Å². The van der Waals surface area contributed by atoms with Crippen molar-refractivity contribution in [1.29, 1.82) is 0 Å². The molecule has 0 saturated heterocycles. The standard InChI is InChI=1S/C20H18F2N2OS/c21-20(22)25-17-8-4-3-7-16(17)24-10-9-13-11-18(26-19(13)12-24)14-5-1-2-6-15(14)23/h1-8,11,20H,9-10,12,23H2. The molecule has 2 heterocycles. The quantitative estimate of drug-likeness (QED) is 0.643. The first kappa shape index (κ1) is 16.8. The first-order valence-corrected chi connectivity index (χ1v) is 9.18. The molecule has 6 heteroatoms. The number of nitrogen functional groups attached to an aromatic ring is 1. The molecule has 4 rings (SSSR count). The third-order valence-corrected chi connectivity index (χ3v) is 5.73. The smallest absolute Gasteiger partial charge is 0.387 e. The Morgan fingerprint density at radius 1 is 1.08 bits per heavy atom. The molecule has 2 N–H and O–H groups in total. The van der Waals surface area contributed by atoms with E-state index in [0.29, 0.717) is 12.2 Å². The highest BCUT2D eigenvalue weighted by molar-refractivity contribution is 7.15. The fourth-order valence-corrected chi connectivity index (χ4v) is 4.57. The Hall–Kier alpha value is -2.60. The van der Waals surface area contributed by atoms with Crippen LogP contribution in [0.5, 0.6) is 5.75 Å². The summed E-state index contributed by atoms with van der Waals surface area (Å²) in [7, 11) is 0. The fraction of sp³-hybridized carbons (Fsp3) is 0.200. The molecule has 1 aromatic heterocycles. The van der Waals surface area contributed by atoms with Gasteiger partial charge in [0.1, 0.15) is 5.75 Å². The predicted octanol–water partition coefficient (Wildman–Crippen LogP) is 5.16. The maximum atomic E-state index is 12.7. The molecule has 0 saturated carbocycles. The van der Waals surface area contributed by atoms with Gasteiger partial charge in [-0.3, -0.25) is 0 Å². The molecule has 0 radical (unpaired) electrons. The van der Waals surface area contributed by atoms with E-state index in [4.69, 9.17) is 5.73 Å². The number of hydrogen-bond donors (Lipinski definition) is 1. The van der Waals surface area contributed by atoms with Crippen LogP contribution in [0.3, 0.4) is 0 Å². The van der Waals surface area contributed by atoms with Crippen LogP contribution >= 0.6 is 11.3 Å². The van der Waals surface area contributed by atoms with Crippen LogP contribution in [0.15, 0.2) is 54.6 Å². The molecule has 3 nitrogen and oxygen atoms in total. The van der Waals surface area contributed by atoms with Crippen LogP contribution in [0, 0.1) is 0 Å². The van der Waals surface area contributed by atoms with Gasteiger partial charge in [0.15, 0.2) is 0 Å². The molecule has 1 aliphatic rings. The Morgan fingerprint density at radius 2 is 1.85 bits per heavy atom. The number of benzene rings is 2. The van der Waals surface area contributed by atoms with Crippen LogP contribution in [-0.2, 0) is 13.0 Å². The van der Waals surface area contributed by atoms with Gasteiger partial charge in [-0.15, -0.1) is 11.3 Å². The van der Waals surface area contributed by atoms with Gasteiger partial charge in [0.25, 0.3) is 0 Å². The van der Waals surface area contributed by atoms with Crippen molar-refractivity contribution < 1.29 is 13.5 Å². The number of halogens is 2. The Labute approximate surface area is 154 Å². The second-order valence-electron chi connectivity index (χ2n) is 6.16. The summed E-state index contributed by atoms with van der Waals surface area (Å²) >= 11 is 1.71. The molecule has 0 amide bonds. The molecule has 2 aromatic carbocycles. The van der Waals surface area contributed by atoms with Crippen molar-refractivity contribution in [3.63, 3.8) is 0 Å². The van der Waals surface area contributed by atoms with Gasteiger partial charge in [0.2, 0.25) is 0 Å². The minimum absolute atomic E-state index is 0.218. The lowest BCUT2D eigenvalue weighted by Gasteiger charge is -2.30. The summed E-state index contributed by atoms with van der Waals surface area (Å²) in [5.74, 6) is 0.218. The molecule has 0 unspecified atom stereocenters. The molecular weight excluding hydrogens is 354 g/mol. The Morgan fingerprint density at radius 3 is 2.65 bits per heavy atom. The number of anilines is 2. The van der Waals surface area contributed by atoms with Gasteiger partial charge in [0.05, 0.1) is 12.2 Å². The van der Waals surface area contributed by atoms with Gasteiger partial charge in [-0.2, -0.15) is 8.78 Å². The zero-order valence-corrected chi connectivity index (χ0v) is 14.8. The summed E-state index contributed by atoms with van der Waals surface area (Å²) in [6, 6.07) is 17.0. The van der Waals surface area contributed by atoms with Crippen LogP contribution in [0.25, 0.3) is 10.4 Å². The highest BCUT2D eigenvalue weighted by Crippen LogP contribution is 2.39. The summed E-state index contributed by atoms with van der Waals surface area (Å²) in [4.78, 5) is 4.47. The monoisotopic (exact) mass is 372 g/mol. The number of nitrogens with two attached hydrogens (primary N) is 1. The summed E-state index contributed by atoms with van der Waals surface area (Å²) in [6.07, 6.45) is 0.863. The Bertz CT molecular complexity index is 926. The second kappa shape index (κ2) is 6.96. The first-order valence-electron chi connectivity index (χ1n) is 8.37. The minimum Gasteiger partial charge on any atom is -0.433 e. The van der Waals surface area contributed by atoms with Gasteiger partial charge in [-0.05, 0) is 36.2 Å². The molecule has 0 atom stereocenters. The number of thiophene rings is 1.